The Morgan fingerprint density at radius 2 is 1.56 bits per heavy atom. The van der Waals surface area contributed by atoms with Crippen molar-refractivity contribution in [3.8, 4) is 0 Å². The van der Waals surface area contributed by atoms with Crippen LogP contribution in [-0.4, -0.2) is 120 Å². The van der Waals surface area contributed by atoms with Crippen LogP contribution >= 0.6 is 6.89 Å². The number of allylic oxidation sites excluding steroid dienone is 4. The molecule has 342 valence electrons. The minimum atomic E-state index is -2.55. The molecular formula is C45H65N4O11PS. The van der Waals surface area contributed by atoms with Crippen molar-refractivity contribution in [2.75, 3.05) is 69.8 Å². The van der Waals surface area contributed by atoms with Crippen LogP contribution < -0.4 is 15.4 Å². The van der Waals surface area contributed by atoms with Crippen LogP contribution in [-0.2, 0) is 55.5 Å². The molecule has 0 spiro atoms. The van der Waals surface area contributed by atoms with Gasteiger partial charge < -0.3 is 39.4 Å². The average molecular weight is 901 g/mol. The molecule has 4 aliphatic heterocycles. The molecule has 4 N–H and O–H groups in total. The number of benzene rings is 1. The van der Waals surface area contributed by atoms with Crippen LogP contribution in [0.3, 0.4) is 0 Å². The first-order chi connectivity index (χ1) is 29.2. The van der Waals surface area contributed by atoms with Crippen molar-refractivity contribution in [3.63, 3.8) is 0 Å². The number of hydrogen-bond donors (Lipinski definition) is 4. The molecule has 2 unspecified atom stereocenters. The minimum absolute atomic E-state index is 0.0915. The third kappa shape index (κ3) is 17.8. The van der Waals surface area contributed by atoms with Crippen LogP contribution in [0.1, 0.15) is 90.1 Å². The number of anilines is 1. The molecule has 0 saturated heterocycles. The van der Waals surface area contributed by atoms with Gasteiger partial charge in [0.2, 0.25) is 5.91 Å². The zero-order chi connectivity index (χ0) is 45.4. The van der Waals surface area contributed by atoms with E-state index in [4.69, 9.17) is 23.7 Å². The molecule has 2 amide bonds. The maximum absolute atomic E-state index is 13.2. The molecule has 0 radical (unpaired) electrons. The second kappa shape index (κ2) is 23.4. The van der Waals surface area contributed by atoms with Gasteiger partial charge in [-0.15, -0.1) is 0 Å². The molecule has 17 heteroatoms. The van der Waals surface area contributed by atoms with E-state index < -0.39 is 35.0 Å². The van der Waals surface area contributed by atoms with Crippen LogP contribution in [0.25, 0.3) is 0 Å². The van der Waals surface area contributed by atoms with Crippen molar-refractivity contribution < 1.29 is 52.2 Å². The Bertz CT molecular complexity index is 1990. The molecule has 2 atom stereocenters. The van der Waals surface area contributed by atoms with Crippen molar-refractivity contribution in [2.24, 2.45) is 5.41 Å². The fraction of sp³-hybridized carbons (Fsp3) is 0.556. The predicted octanol–water partition coefficient (Wildman–Crippen LogP) is 6.08. The summed E-state index contributed by atoms with van der Waals surface area (Å²) in [5, 5.41) is 16.9. The topological polar surface area (TPSA) is 201 Å². The SMILES string of the molecule is CC(C)(CCC(=O)OC(C)(C)C)CC(C)(C)OC1=CC=C2CCc3ccc(cc3)S(=O)Nc3ccc(cn3)C(=O)NCCOCCOCC(=O)NCCOCCP2(CC(=O)O)=C1. The summed E-state index contributed by atoms with van der Waals surface area (Å²) < 4.78 is 45.2. The second-order valence-electron chi connectivity index (χ2n) is 17.8. The van der Waals surface area contributed by atoms with E-state index >= 15 is 0 Å². The zero-order valence-corrected chi connectivity index (χ0v) is 38.9. The van der Waals surface area contributed by atoms with Gasteiger partial charge in [0.05, 0.1) is 49.7 Å². The number of nitrogens with zero attached hydrogens (tertiary/aromatic N) is 1. The van der Waals surface area contributed by atoms with Crippen LogP contribution in [0.5, 0.6) is 0 Å². The van der Waals surface area contributed by atoms with Gasteiger partial charge in [0.1, 0.15) is 29.4 Å². The van der Waals surface area contributed by atoms with E-state index in [0.717, 1.165) is 10.9 Å². The van der Waals surface area contributed by atoms with Gasteiger partial charge in [-0.2, -0.15) is 0 Å². The Morgan fingerprint density at radius 1 is 0.871 bits per heavy atom. The van der Waals surface area contributed by atoms with Gasteiger partial charge in [-0.25, -0.2) is 9.19 Å². The lowest BCUT2D eigenvalue weighted by Gasteiger charge is -2.37. The maximum Gasteiger partial charge on any atom is 0.307 e. The van der Waals surface area contributed by atoms with Gasteiger partial charge in [-0.3, -0.25) is 23.9 Å². The molecule has 4 aliphatic rings. The number of esters is 1. The number of aliphatic carboxylic acids is 1. The number of ether oxygens (including phenoxy) is 5. The number of aromatic nitrogens is 1. The highest BCUT2D eigenvalue weighted by molar-refractivity contribution is 7.86. The fourth-order valence-electron chi connectivity index (χ4n) is 7.33. The van der Waals surface area contributed by atoms with E-state index in [2.05, 4.69) is 34.2 Å². The van der Waals surface area contributed by atoms with E-state index in [1.54, 1.807) is 24.3 Å². The summed E-state index contributed by atoms with van der Waals surface area (Å²) in [6, 6.07) is 10.5. The number of rotatable bonds is 9. The Balaban J connectivity index is 1.54. The molecule has 1 aromatic carbocycles. The van der Waals surface area contributed by atoms with Crippen molar-refractivity contribution in [1.82, 2.24) is 15.6 Å². The lowest BCUT2D eigenvalue weighted by Crippen LogP contribution is -2.33. The standard InChI is InChI=1S/C45H65N4O11PS/c1-43(2,3)60-41(53)18-19-44(4,5)32-45(6,7)59-35-12-14-36-13-8-33-9-15-37(16-10-33)62(55)49-38-17-11-34(28-48-38)42(54)47-21-23-56-24-25-58-29-39(50)46-20-22-57-26-27-61(36,30-35)31-40(51)52/h9-12,14-17,28,30H,8,13,18-27,29,31-32H2,1-7H3,(H,46,50)(H,47,54)(H,48,49)(H,51,52). The first-order valence-corrected chi connectivity index (χ1v) is 24.4. The monoisotopic (exact) mass is 900 g/mol. The minimum Gasteiger partial charge on any atom is -0.488 e. The Kier molecular flexibility index (Phi) is 19.0. The van der Waals surface area contributed by atoms with Crippen LogP contribution in [0.4, 0.5) is 5.82 Å². The molecule has 62 heavy (non-hydrogen) atoms. The second-order valence-corrected chi connectivity index (χ2v) is 22.7. The smallest absolute Gasteiger partial charge is 0.307 e. The lowest BCUT2D eigenvalue weighted by atomic mass is 9.78. The quantitative estimate of drug-likeness (QED) is 0.167. The highest BCUT2D eigenvalue weighted by Crippen LogP contribution is 2.58. The number of fused-ring (bicyclic) bond motifs is 2. The zero-order valence-electron chi connectivity index (χ0n) is 37.2. The summed E-state index contributed by atoms with van der Waals surface area (Å²) in [6.07, 6.45) is 8.37. The van der Waals surface area contributed by atoms with Gasteiger partial charge in [-0.05, 0) is 119 Å². The van der Waals surface area contributed by atoms with E-state index in [1.807, 2.05) is 64.7 Å². The normalized spacial score (nSPS) is 20.8. The molecule has 5 heterocycles. The van der Waals surface area contributed by atoms with Crippen LogP contribution in [0, 0.1) is 5.41 Å². The summed E-state index contributed by atoms with van der Waals surface area (Å²) in [5.41, 5.74) is -0.159. The van der Waals surface area contributed by atoms with Crippen LogP contribution in [0.15, 0.2) is 70.7 Å². The van der Waals surface area contributed by atoms with Crippen molar-refractivity contribution in [2.45, 2.75) is 96.7 Å². The number of nitrogens with one attached hydrogen (secondary N) is 3. The van der Waals surface area contributed by atoms with E-state index in [-0.39, 0.29) is 88.5 Å². The average Bonchev–Trinajstić information content (AvgIpc) is 3.17. The number of hydrogen-bond acceptors (Lipinski definition) is 11. The maximum atomic E-state index is 13.2. The summed E-state index contributed by atoms with van der Waals surface area (Å²) in [4.78, 5) is 54.9. The molecule has 0 aliphatic carbocycles. The van der Waals surface area contributed by atoms with Crippen molar-refractivity contribution in [1.29, 1.82) is 0 Å². The first-order valence-electron chi connectivity index (χ1n) is 21.0. The number of carboxylic acid groups (broad SMARTS) is 1. The number of aryl methyl sites for hydroxylation is 1. The van der Waals surface area contributed by atoms with Gasteiger partial charge in [0.25, 0.3) is 5.91 Å². The van der Waals surface area contributed by atoms with Gasteiger partial charge in [0.15, 0.2) is 11.0 Å². The Morgan fingerprint density at radius 3 is 2.24 bits per heavy atom. The van der Waals surface area contributed by atoms with Gasteiger partial charge >= 0.3 is 11.9 Å². The summed E-state index contributed by atoms with van der Waals surface area (Å²) in [7, 11) is -1.62. The van der Waals surface area contributed by atoms with E-state index in [0.29, 0.717) is 53.9 Å². The summed E-state index contributed by atoms with van der Waals surface area (Å²) in [6.45, 7) is 12.7. The Hall–Kier alpha value is -4.34. The molecule has 1 aromatic heterocycles. The number of carboxylic acids is 1. The highest BCUT2D eigenvalue weighted by atomic mass is 32.2. The van der Waals surface area contributed by atoms with Gasteiger partial charge in [-0.1, -0.05) is 38.9 Å². The number of carbonyl (C=O) groups excluding carboxylic acids is 3. The lowest BCUT2D eigenvalue weighted by molar-refractivity contribution is -0.155. The molecule has 0 fully saturated rings. The van der Waals surface area contributed by atoms with Crippen LogP contribution in [0.2, 0.25) is 0 Å². The number of amides is 2. The van der Waals surface area contributed by atoms with Crippen molar-refractivity contribution >= 4 is 53.2 Å². The molecule has 15 nitrogen and oxygen atoms in total. The molecule has 6 rings (SSSR count). The van der Waals surface area contributed by atoms with E-state index in [1.165, 1.54) is 6.20 Å². The number of carbonyl (C=O) groups is 4. The summed E-state index contributed by atoms with van der Waals surface area (Å²) >= 11 is 0. The molecular weight excluding hydrogens is 836 g/mol. The molecule has 4 bridgehead atoms. The number of pyridine rings is 1. The largest absolute Gasteiger partial charge is 0.488 e. The first kappa shape index (κ1) is 50.3. The Labute approximate surface area is 368 Å². The molecule has 2 aromatic rings. The van der Waals surface area contributed by atoms with E-state index in [9.17, 15) is 28.5 Å². The molecule has 0 saturated carbocycles. The third-order valence-corrected chi connectivity index (χ3v) is 15.1. The summed E-state index contributed by atoms with van der Waals surface area (Å²) in [5.74, 6) is 1.15. The van der Waals surface area contributed by atoms with Gasteiger partial charge in [0, 0.05) is 25.7 Å². The fourth-order valence-corrected chi connectivity index (χ4v) is 11.7. The predicted molar refractivity (Wildman–Crippen MR) is 242 cm³/mol. The highest BCUT2D eigenvalue weighted by Gasteiger charge is 2.34. The van der Waals surface area contributed by atoms with Crippen molar-refractivity contribution in [3.05, 3.63) is 76.9 Å². The third-order valence-electron chi connectivity index (χ3n) is 9.90.